The van der Waals surface area contributed by atoms with Crippen LogP contribution in [0.25, 0.3) is 10.4 Å². The fourth-order valence-electron chi connectivity index (χ4n) is 2.84. The third-order valence-electron chi connectivity index (χ3n) is 4.14. The van der Waals surface area contributed by atoms with E-state index in [4.69, 9.17) is 9.47 Å². The van der Waals surface area contributed by atoms with Crippen molar-refractivity contribution < 1.29 is 24.0 Å². The number of esters is 1. The highest BCUT2D eigenvalue weighted by atomic mass is 32.1. The molecule has 1 saturated heterocycles. The lowest BCUT2D eigenvalue weighted by Crippen LogP contribution is -3.15. The molecule has 0 bridgehead atoms. The summed E-state index contributed by atoms with van der Waals surface area (Å²) in [5, 5.41) is 2.90. The molecule has 1 amide bonds. The van der Waals surface area contributed by atoms with Crippen LogP contribution in [0, 0.1) is 0 Å². The fraction of sp³-hybridized carbons (Fsp3) is 0.368. The van der Waals surface area contributed by atoms with E-state index < -0.39 is 5.97 Å². The summed E-state index contributed by atoms with van der Waals surface area (Å²) in [4.78, 5) is 27.3. The Bertz CT molecular complexity index is 754. The van der Waals surface area contributed by atoms with Gasteiger partial charge in [0, 0.05) is 4.88 Å². The van der Waals surface area contributed by atoms with E-state index in [1.54, 1.807) is 6.92 Å². The molecule has 3 rings (SSSR count). The van der Waals surface area contributed by atoms with Crippen molar-refractivity contribution in [2.24, 2.45) is 0 Å². The van der Waals surface area contributed by atoms with Gasteiger partial charge in [-0.1, -0.05) is 30.3 Å². The Morgan fingerprint density at radius 2 is 1.96 bits per heavy atom. The van der Waals surface area contributed by atoms with Gasteiger partial charge in [0.25, 0.3) is 5.91 Å². The molecule has 2 aromatic rings. The van der Waals surface area contributed by atoms with E-state index in [9.17, 15) is 9.59 Å². The number of anilines is 1. The largest absolute Gasteiger partial charge is 0.462 e. The van der Waals surface area contributed by atoms with Crippen LogP contribution in [0.2, 0.25) is 0 Å². The van der Waals surface area contributed by atoms with Crippen molar-refractivity contribution in [2.45, 2.75) is 6.92 Å². The molecule has 0 saturated carbocycles. The summed E-state index contributed by atoms with van der Waals surface area (Å²) in [6.07, 6.45) is 0. The molecule has 2 heterocycles. The van der Waals surface area contributed by atoms with E-state index in [0.717, 1.165) is 23.5 Å². The number of morpholine rings is 1. The van der Waals surface area contributed by atoms with Crippen molar-refractivity contribution in [3.05, 3.63) is 41.3 Å². The molecule has 0 atom stereocenters. The number of quaternary nitrogens is 1. The van der Waals surface area contributed by atoms with Gasteiger partial charge in [0.1, 0.15) is 18.0 Å². The lowest BCUT2D eigenvalue weighted by Gasteiger charge is -2.23. The van der Waals surface area contributed by atoms with Gasteiger partial charge >= 0.3 is 5.97 Å². The van der Waals surface area contributed by atoms with Crippen molar-refractivity contribution in [3.8, 4) is 10.4 Å². The molecule has 138 valence electrons. The zero-order valence-electron chi connectivity index (χ0n) is 14.7. The Morgan fingerprint density at radius 1 is 1.23 bits per heavy atom. The Labute approximate surface area is 156 Å². The maximum absolute atomic E-state index is 12.4. The van der Waals surface area contributed by atoms with Gasteiger partial charge in [-0.25, -0.2) is 4.79 Å². The number of benzene rings is 1. The zero-order valence-corrected chi connectivity index (χ0v) is 15.6. The highest BCUT2D eigenvalue weighted by Gasteiger charge is 2.22. The maximum atomic E-state index is 12.4. The topological polar surface area (TPSA) is 69.1 Å². The third kappa shape index (κ3) is 4.69. The first kappa shape index (κ1) is 18.6. The van der Waals surface area contributed by atoms with E-state index in [1.165, 1.54) is 16.2 Å². The maximum Gasteiger partial charge on any atom is 0.350 e. The number of carbonyl (C=O) groups is 2. The van der Waals surface area contributed by atoms with Gasteiger partial charge in [-0.3, -0.25) is 4.79 Å². The second kappa shape index (κ2) is 8.93. The predicted octanol–water partition coefficient (Wildman–Crippen LogP) is 1.45. The molecule has 7 heteroatoms. The van der Waals surface area contributed by atoms with Crippen LogP contribution in [0.4, 0.5) is 5.69 Å². The lowest BCUT2D eigenvalue weighted by atomic mass is 10.2. The second-order valence-corrected chi connectivity index (χ2v) is 7.08. The number of thiophene rings is 1. The van der Waals surface area contributed by atoms with E-state index in [2.05, 4.69) is 5.32 Å². The average Bonchev–Trinajstić information content (AvgIpc) is 3.07. The van der Waals surface area contributed by atoms with Crippen molar-refractivity contribution in [2.75, 3.05) is 44.8 Å². The van der Waals surface area contributed by atoms with E-state index in [-0.39, 0.29) is 5.91 Å². The summed E-state index contributed by atoms with van der Waals surface area (Å²) in [5.74, 6) is -0.515. The van der Waals surface area contributed by atoms with Crippen molar-refractivity contribution in [1.82, 2.24) is 0 Å². The minimum absolute atomic E-state index is 0.107. The predicted molar refractivity (Wildman–Crippen MR) is 101 cm³/mol. The van der Waals surface area contributed by atoms with Crippen LogP contribution in [0.5, 0.6) is 0 Å². The van der Waals surface area contributed by atoms with Crippen LogP contribution >= 0.6 is 11.3 Å². The van der Waals surface area contributed by atoms with Crippen LogP contribution in [-0.4, -0.2) is 51.3 Å². The number of carbonyl (C=O) groups excluding carboxylic acids is 2. The van der Waals surface area contributed by atoms with Gasteiger partial charge in [0.15, 0.2) is 6.54 Å². The van der Waals surface area contributed by atoms with Crippen molar-refractivity contribution in [1.29, 1.82) is 0 Å². The molecule has 0 radical (unpaired) electrons. The Kier molecular flexibility index (Phi) is 6.38. The number of rotatable bonds is 6. The molecular formula is C19H23N2O4S+. The lowest BCUT2D eigenvalue weighted by molar-refractivity contribution is -0.899. The standard InChI is InChI=1S/C19H22N2O4S/c1-2-25-19(23)18-15(12-16(26-18)14-6-4-3-5-7-14)20-17(22)13-21-8-10-24-11-9-21/h3-7,12H,2,8-11,13H2,1H3,(H,20,22)/p+1. The minimum Gasteiger partial charge on any atom is -0.462 e. The molecule has 6 nitrogen and oxygen atoms in total. The van der Waals surface area contributed by atoms with Gasteiger partial charge in [-0.15, -0.1) is 11.3 Å². The monoisotopic (exact) mass is 375 g/mol. The Morgan fingerprint density at radius 3 is 2.65 bits per heavy atom. The van der Waals surface area contributed by atoms with Crippen LogP contribution < -0.4 is 10.2 Å². The van der Waals surface area contributed by atoms with E-state index in [1.807, 2.05) is 36.4 Å². The molecule has 1 aromatic heterocycles. The highest BCUT2D eigenvalue weighted by Crippen LogP contribution is 2.35. The normalized spacial score (nSPS) is 14.8. The first-order valence-electron chi connectivity index (χ1n) is 8.75. The average molecular weight is 375 g/mol. The van der Waals surface area contributed by atoms with Crippen LogP contribution in [0.15, 0.2) is 36.4 Å². The zero-order chi connectivity index (χ0) is 18.4. The number of hydrogen-bond acceptors (Lipinski definition) is 5. The molecule has 1 aromatic carbocycles. The van der Waals surface area contributed by atoms with Gasteiger partial charge in [0.2, 0.25) is 0 Å². The van der Waals surface area contributed by atoms with Gasteiger partial charge in [-0.05, 0) is 18.6 Å². The summed E-state index contributed by atoms with van der Waals surface area (Å²) >= 11 is 1.33. The van der Waals surface area contributed by atoms with E-state index >= 15 is 0 Å². The molecule has 0 unspecified atom stereocenters. The summed E-state index contributed by atoms with van der Waals surface area (Å²) < 4.78 is 10.5. The van der Waals surface area contributed by atoms with Crippen molar-refractivity contribution in [3.63, 3.8) is 0 Å². The molecule has 2 N–H and O–H groups in total. The fourth-order valence-corrected chi connectivity index (χ4v) is 3.85. The Balaban J connectivity index is 1.78. The summed E-state index contributed by atoms with van der Waals surface area (Å²) in [7, 11) is 0. The Hall–Kier alpha value is -2.22. The number of ether oxygens (including phenoxy) is 2. The smallest absolute Gasteiger partial charge is 0.350 e. The van der Waals surface area contributed by atoms with E-state index in [0.29, 0.717) is 36.9 Å². The quantitative estimate of drug-likeness (QED) is 0.750. The minimum atomic E-state index is -0.409. The molecule has 1 aliphatic heterocycles. The van der Waals surface area contributed by atoms with Crippen LogP contribution in [-0.2, 0) is 14.3 Å². The molecule has 1 fully saturated rings. The number of nitrogens with one attached hydrogen (secondary N) is 2. The third-order valence-corrected chi connectivity index (χ3v) is 5.30. The van der Waals surface area contributed by atoms with Gasteiger partial charge in [0.05, 0.1) is 25.5 Å². The van der Waals surface area contributed by atoms with Crippen LogP contribution in [0.3, 0.4) is 0 Å². The number of hydrogen-bond donors (Lipinski definition) is 2. The highest BCUT2D eigenvalue weighted by molar-refractivity contribution is 7.18. The van der Waals surface area contributed by atoms with Gasteiger partial charge in [-0.2, -0.15) is 0 Å². The first-order valence-corrected chi connectivity index (χ1v) is 9.56. The molecule has 1 aliphatic rings. The molecular weight excluding hydrogens is 352 g/mol. The second-order valence-electron chi connectivity index (χ2n) is 6.03. The van der Waals surface area contributed by atoms with Crippen molar-refractivity contribution >= 4 is 28.9 Å². The molecule has 26 heavy (non-hydrogen) atoms. The summed E-state index contributed by atoms with van der Waals surface area (Å²) in [6.45, 7) is 5.41. The molecule has 0 spiro atoms. The molecule has 0 aliphatic carbocycles. The summed E-state index contributed by atoms with van der Waals surface area (Å²) in [5.41, 5.74) is 1.52. The first-order chi connectivity index (χ1) is 12.7. The van der Waals surface area contributed by atoms with Crippen LogP contribution in [0.1, 0.15) is 16.6 Å². The SMILES string of the molecule is CCOC(=O)c1sc(-c2ccccc2)cc1NC(=O)C[NH+]1CCOCC1. The number of amides is 1. The van der Waals surface area contributed by atoms with Gasteiger partial charge < -0.3 is 19.7 Å². The summed E-state index contributed by atoms with van der Waals surface area (Å²) in [6, 6.07) is 11.6.